The molecule has 8 rings (SSSR count). The lowest BCUT2D eigenvalue weighted by Crippen LogP contribution is -2.27. The maximum atomic E-state index is 13.3. The molecule has 19 nitrogen and oxygen atoms in total. The third-order valence-corrected chi connectivity index (χ3v) is 14.0. The van der Waals surface area contributed by atoms with Crippen molar-refractivity contribution in [3.63, 3.8) is 0 Å². The lowest BCUT2D eigenvalue weighted by molar-refractivity contribution is 0.103. The number of para-hydroxylation sites is 2. The van der Waals surface area contributed by atoms with Gasteiger partial charge in [-0.15, -0.1) is 11.6 Å². The van der Waals surface area contributed by atoms with Crippen LogP contribution in [0.2, 0.25) is 10.0 Å². The molecule has 81 heavy (non-hydrogen) atoms. The molecule has 8 aromatic rings. The zero-order chi connectivity index (χ0) is 58.0. The van der Waals surface area contributed by atoms with E-state index >= 15 is 0 Å². The summed E-state index contributed by atoms with van der Waals surface area (Å²) in [6.07, 6.45) is 5.92. The van der Waals surface area contributed by atoms with Gasteiger partial charge in [0.05, 0.1) is 37.7 Å². The van der Waals surface area contributed by atoms with Crippen molar-refractivity contribution in [3.8, 4) is 23.0 Å². The molecule has 7 N–H and O–H groups in total. The molecule has 0 atom stereocenters. The first-order valence-electron chi connectivity index (χ1n) is 24.1. The Kier molecular flexibility index (Phi) is 32.1. The molecular formula is C55H68Cl4IN11O8S2. The van der Waals surface area contributed by atoms with Crippen molar-refractivity contribution in [1.82, 2.24) is 39.5 Å². The van der Waals surface area contributed by atoms with Gasteiger partial charge >= 0.3 is 0 Å². The van der Waals surface area contributed by atoms with Gasteiger partial charge in [-0.25, -0.2) is 41.5 Å². The molecule has 0 aliphatic heterocycles. The Morgan fingerprint density at radius 2 is 1.07 bits per heavy atom. The minimum absolute atomic E-state index is 0. The SMILES string of the molecule is C.C.C=CS(=O)(=O)NCCNc1ncnc2[nH]cc(C(=O)c3ccc(Oc4ccccc4)cc3Cl)c12.CCN(CC)CC.CI.NCCNc1ncnc2[nH]cc(C(=O)c3ccc(Oc4ccccc4)cc3Cl)c12.O=S(=O)(Cl)CCCl. The second-order valence-electron chi connectivity index (χ2n) is 15.9. The van der Waals surface area contributed by atoms with E-state index in [1.165, 1.54) is 38.5 Å². The van der Waals surface area contributed by atoms with Gasteiger partial charge < -0.3 is 40.7 Å². The molecule has 0 spiro atoms. The highest BCUT2D eigenvalue weighted by Crippen LogP contribution is 2.33. The van der Waals surface area contributed by atoms with Gasteiger partial charge in [-0.1, -0.05) is 124 Å². The van der Waals surface area contributed by atoms with Crippen LogP contribution in [-0.4, -0.2) is 126 Å². The smallest absolute Gasteiger partial charge is 0.233 e. The monoisotopic (exact) mass is 1340 g/mol. The van der Waals surface area contributed by atoms with E-state index in [0.717, 1.165) is 5.41 Å². The van der Waals surface area contributed by atoms with E-state index in [1.54, 1.807) is 42.6 Å². The van der Waals surface area contributed by atoms with Gasteiger partial charge in [-0.3, -0.25) is 9.59 Å². The normalized spacial score (nSPS) is 10.6. The van der Waals surface area contributed by atoms with Gasteiger partial charge in [0.1, 0.15) is 58.6 Å². The van der Waals surface area contributed by atoms with Gasteiger partial charge in [-0.2, -0.15) is 0 Å². The minimum atomic E-state index is -3.54. The lowest BCUT2D eigenvalue weighted by atomic mass is 10.0. The average Bonchev–Trinajstić information content (AvgIpc) is 4.29. The maximum Gasteiger partial charge on any atom is 0.233 e. The molecule has 26 heteroatoms. The quantitative estimate of drug-likeness (QED) is 0.0121. The fourth-order valence-corrected chi connectivity index (χ4v) is 9.24. The molecule has 4 aromatic carbocycles. The number of nitrogens with two attached hydrogens (primary N) is 1. The number of nitrogens with zero attached hydrogens (tertiary/aromatic N) is 5. The van der Waals surface area contributed by atoms with Gasteiger partial charge in [0.15, 0.2) is 11.6 Å². The number of carbonyl (C=O) groups excluding carboxylic acids is 2. The van der Waals surface area contributed by atoms with Gasteiger partial charge in [-0.05, 0) is 73.1 Å². The number of benzene rings is 4. The van der Waals surface area contributed by atoms with Gasteiger partial charge in [0, 0.05) is 83.8 Å². The van der Waals surface area contributed by atoms with Gasteiger partial charge in [0.2, 0.25) is 19.1 Å². The van der Waals surface area contributed by atoms with E-state index in [-0.39, 0.29) is 61.7 Å². The van der Waals surface area contributed by atoms with Crippen LogP contribution >= 0.6 is 68.1 Å². The summed E-state index contributed by atoms with van der Waals surface area (Å²) in [4.78, 5) is 53.6. The summed E-state index contributed by atoms with van der Waals surface area (Å²) in [6, 6.07) is 28.4. The van der Waals surface area contributed by atoms with Crippen LogP contribution in [-0.2, 0) is 19.1 Å². The maximum absolute atomic E-state index is 13.3. The molecule has 4 aromatic heterocycles. The highest BCUT2D eigenvalue weighted by Gasteiger charge is 2.23. The van der Waals surface area contributed by atoms with Crippen molar-refractivity contribution in [2.75, 3.05) is 73.0 Å². The van der Waals surface area contributed by atoms with Crippen molar-refractivity contribution < 1.29 is 35.9 Å². The number of carbonyl (C=O) groups is 2. The Morgan fingerprint density at radius 3 is 1.41 bits per heavy atom. The van der Waals surface area contributed by atoms with Crippen LogP contribution in [0.1, 0.15) is 67.5 Å². The second kappa shape index (κ2) is 36.5. The largest absolute Gasteiger partial charge is 0.457 e. The summed E-state index contributed by atoms with van der Waals surface area (Å²) < 4.78 is 56.7. The molecule has 0 radical (unpaired) electrons. The number of hydrogen-bond donors (Lipinski definition) is 6. The third-order valence-electron chi connectivity index (χ3n) is 10.8. The molecule has 0 aliphatic rings. The van der Waals surface area contributed by atoms with Crippen LogP contribution in [0.5, 0.6) is 23.0 Å². The number of rotatable bonds is 22. The van der Waals surface area contributed by atoms with Crippen LogP contribution in [0.3, 0.4) is 0 Å². The first-order valence-corrected chi connectivity index (χ1v) is 31.6. The van der Waals surface area contributed by atoms with Crippen molar-refractivity contribution >= 4 is 132 Å². The molecule has 4 heterocycles. The number of ether oxygens (including phenoxy) is 2. The number of alkyl halides is 2. The highest BCUT2D eigenvalue weighted by molar-refractivity contribution is 14.1. The lowest BCUT2D eigenvalue weighted by Gasteiger charge is -2.13. The number of nitrogens with one attached hydrogen (secondary N) is 5. The molecule has 0 bridgehead atoms. The molecule has 0 amide bonds. The number of aromatic nitrogens is 6. The summed E-state index contributed by atoms with van der Waals surface area (Å²) in [7, 11) is -2.15. The zero-order valence-electron chi connectivity index (χ0n) is 43.5. The summed E-state index contributed by atoms with van der Waals surface area (Å²) in [6.45, 7) is 14.7. The van der Waals surface area contributed by atoms with Crippen LogP contribution in [0.25, 0.3) is 22.1 Å². The molecule has 0 saturated carbocycles. The molecule has 0 saturated heterocycles. The van der Waals surface area contributed by atoms with Crippen LogP contribution in [0.15, 0.2) is 134 Å². The number of ketones is 2. The Labute approximate surface area is 507 Å². The molecule has 0 fully saturated rings. The number of fused-ring (bicyclic) bond motifs is 2. The Morgan fingerprint density at radius 1 is 0.654 bits per heavy atom. The minimum Gasteiger partial charge on any atom is -0.457 e. The Bertz CT molecular complexity index is 3450. The summed E-state index contributed by atoms with van der Waals surface area (Å²) >= 11 is 20.0. The van der Waals surface area contributed by atoms with E-state index < -0.39 is 19.1 Å². The number of anilines is 2. The second-order valence-corrected chi connectivity index (χ2v) is 21.7. The van der Waals surface area contributed by atoms with Crippen molar-refractivity contribution in [1.29, 1.82) is 0 Å². The standard InChI is InChI=1S/C23H20ClN5O4S.C21H18ClN5O2.C6H15N.C2H4Cl2O2S.CH3I.2CH4/c1-2-34(31,32)29-11-10-25-22-20-18(13-26-23(20)28-14-27-22)21(30)17-9-8-16(12-19(17)24)33-15-6-4-3-5-7-15;22-17-10-14(29-13-4-2-1-3-5-13)6-7-15(17)19(28)16-11-25-21-18(16)20(24-9-8-23)26-12-27-21;1-4-7(5-2)6-3;3-1-2-7(4,5)6;1-2;;/h2-9,12-14,29H,1,10-11H2,(H2,25,26,27,28);1-7,10-12H,8-9,23H2,(H2,24,25,26,27);4-6H2,1-3H3;1-2H2;1H3;2*1H4. The van der Waals surface area contributed by atoms with E-state index in [9.17, 15) is 26.4 Å². The predicted molar refractivity (Wildman–Crippen MR) is 341 cm³/mol. The summed E-state index contributed by atoms with van der Waals surface area (Å²) in [5.41, 5.74) is 7.98. The van der Waals surface area contributed by atoms with E-state index in [4.69, 9.17) is 60.7 Å². The summed E-state index contributed by atoms with van der Waals surface area (Å²) in [5.74, 6) is 2.65. The Balaban J connectivity index is 0.000000431. The highest BCUT2D eigenvalue weighted by atomic mass is 127. The van der Waals surface area contributed by atoms with Crippen molar-refractivity contribution in [2.45, 2.75) is 35.6 Å². The molecule has 0 aliphatic carbocycles. The van der Waals surface area contributed by atoms with Crippen LogP contribution in [0, 0.1) is 0 Å². The predicted octanol–water partition coefficient (Wildman–Crippen LogP) is 12.6. The number of hydrogen-bond acceptors (Lipinski definition) is 16. The Hall–Kier alpha value is -5.93. The van der Waals surface area contributed by atoms with Crippen molar-refractivity contribution in [3.05, 3.63) is 166 Å². The van der Waals surface area contributed by atoms with E-state index in [1.807, 2.05) is 65.6 Å². The van der Waals surface area contributed by atoms with Gasteiger partial charge in [0.25, 0.3) is 0 Å². The fourth-order valence-electron chi connectivity index (χ4n) is 6.96. The van der Waals surface area contributed by atoms with E-state index in [2.05, 4.69) is 100 Å². The molecular weight excluding hydrogens is 1280 g/mol. The number of halogens is 5. The number of sulfonamides is 1. The molecule has 438 valence electrons. The van der Waals surface area contributed by atoms with E-state index in [0.29, 0.717) is 91.5 Å². The zero-order valence-corrected chi connectivity index (χ0v) is 50.3. The fraction of sp³-hybridized carbons (Fsp3) is 0.273. The van der Waals surface area contributed by atoms with Crippen LogP contribution < -0.4 is 30.6 Å². The number of H-pyrrole nitrogens is 2. The summed E-state index contributed by atoms with van der Waals surface area (Å²) in [5, 5.41) is 8.59. The van der Waals surface area contributed by atoms with Crippen molar-refractivity contribution in [2.24, 2.45) is 5.73 Å². The first kappa shape index (κ1) is 71.2. The average molecular weight is 1340 g/mol. The number of aromatic amines is 2. The molecule has 0 unspecified atom stereocenters. The third kappa shape index (κ3) is 22.4. The topological polar surface area (TPSA) is 269 Å². The first-order chi connectivity index (χ1) is 38.0. The van der Waals surface area contributed by atoms with Crippen LogP contribution in [0.4, 0.5) is 11.6 Å².